The highest BCUT2D eigenvalue weighted by atomic mass is 32.1. The van der Waals surface area contributed by atoms with E-state index in [1.165, 1.54) is 11.3 Å². The van der Waals surface area contributed by atoms with Crippen molar-refractivity contribution in [1.29, 1.82) is 0 Å². The molecule has 0 fully saturated rings. The monoisotopic (exact) mass is 348 g/mol. The number of hydrogen-bond donors (Lipinski definition) is 3. The van der Waals surface area contributed by atoms with Crippen LogP contribution in [-0.4, -0.2) is 30.3 Å². The van der Waals surface area contributed by atoms with E-state index in [0.29, 0.717) is 23.6 Å². The zero-order valence-electron chi connectivity index (χ0n) is 12.7. The van der Waals surface area contributed by atoms with Crippen molar-refractivity contribution >= 4 is 28.8 Å². The van der Waals surface area contributed by atoms with Gasteiger partial charge in [0, 0.05) is 23.2 Å². The number of anilines is 1. The number of thiophene rings is 1. The summed E-state index contributed by atoms with van der Waals surface area (Å²) in [4.78, 5) is 24.5. The van der Waals surface area contributed by atoms with E-state index >= 15 is 0 Å². The van der Waals surface area contributed by atoms with E-state index in [-0.39, 0.29) is 13.3 Å². The highest BCUT2D eigenvalue weighted by molar-refractivity contribution is 7.10. The lowest BCUT2D eigenvalue weighted by Crippen LogP contribution is -2.36. The van der Waals surface area contributed by atoms with Crippen LogP contribution in [0.15, 0.2) is 35.7 Å². The normalized spacial score (nSPS) is 13.4. The van der Waals surface area contributed by atoms with Gasteiger partial charge in [-0.1, -0.05) is 6.07 Å². The molecule has 1 unspecified atom stereocenters. The molecule has 0 saturated heterocycles. The van der Waals surface area contributed by atoms with Gasteiger partial charge in [-0.15, -0.1) is 11.3 Å². The number of hydrogen-bond acceptors (Lipinski definition) is 6. The third kappa shape index (κ3) is 3.84. The summed E-state index contributed by atoms with van der Waals surface area (Å²) in [5.41, 5.74) is 0.443. The number of amides is 2. The first-order valence-corrected chi connectivity index (χ1v) is 8.22. The summed E-state index contributed by atoms with van der Waals surface area (Å²) in [6, 6.07) is 8.55. The molecular weight excluding hydrogens is 332 g/mol. The van der Waals surface area contributed by atoms with Crippen molar-refractivity contribution < 1.29 is 24.2 Å². The van der Waals surface area contributed by atoms with Crippen LogP contribution in [0.4, 0.5) is 5.69 Å². The quantitative estimate of drug-likeness (QED) is 0.714. The van der Waals surface area contributed by atoms with Crippen molar-refractivity contribution in [3.8, 4) is 11.5 Å². The van der Waals surface area contributed by atoms with Crippen LogP contribution in [0.2, 0.25) is 0 Å². The van der Waals surface area contributed by atoms with Crippen molar-refractivity contribution in [2.75, 3.05) is 18.7 Å². The summed E-state index contributed by atoms with van der Waals surface area (Å²) in [6.07, 6.45) is -0.314. The van der Waals surface area contributed by atoms with Crippen molar-refractivity contribution in [3.63, 3.8) is 0 Å². The van der Waals surface area contributed by atoms with E-state index in [4.69, 9.17) is 9.47 Å². The SMILES string of the molecule is O=C(NCCC(O)c1cccs1)C(=O)Nc1ccc2c(c1)OCO2. The van der Waals surface area contributed by atoms with Gasteiger partial charge in [-0.3, -0.25) is 9.59 Å². The number of nitrogens with one attached hydrogen (secondary N) is 2. The minimum Gasteiger partial charge on any atom is -0.454 e. The van der Waals surface area contributed by atoms with E-state index in [1.807, 2.05) is 17.5 Å². The molecule has 7 nitrogen and oxygen atoms in total. The van der Waals surface area contributed by atoms with Crippen LogP contribution >= 0.6 is 11.3 Å². The van der Waals surface area contributed by atoms with Gasteiger partial charge in [-0.05, 0) is 30.0 Å². The van der Waals surface area contributed by atoms with E-state index in [9.17, 15) is 14.7 Å². The van der Waals surface area contributed by atoms with Crippen LogP contribution < -0.4 is 20.1 Å². The van der Waals surface area contributed by atoms with E-state index in [0.717, 1.165) is 4.88 Å². The molecule has 1 aromatic heterocycles. The fourth-order valence-electron chi connectivity index (χ4n) is 2.19. The van der Waals surface area contributed by atoms with Gasteiger partial charge in [-0.2, -0.15) is 0 Å². The zero-order valence-corrected chi connectivity index (χ0v) is 13.5. The second-order valence-corrected chi connectivity index (χ2v) is 6.08. The molecular formula is C16H16N2O5S. The van der Waals surface area contributed by atoms with Gasteiger partial charge in [0.2, 0.25) is 6.79 Å². The number of carbonyl (C=O) groups is 2. The molecule has 1 aliphatic rings. The topological polar surface area (TPSA) is 96.9 Å². The Balaban J connectivity index is 1.45. The first-order valence-electron chi connectivity index (χ1n) is 7.34. The third-order valence-electron chi connectivity index (χ3n) is 3.41. The molecule has 2 aromatic rings. The summed E-state index contributed by atoms with van der Waals surface area (Å²) in [6.45, 7) is 0.340. The number of ether oxygens (including phenoxy) is 2. The number of aliphatic hydroxyl groups excluding tert-OH is 1. The Morgan fingerprint density at radius 1 is 1.21 bits per heavy atom. The standard InChI is InChI=1S/C16H16N2O5S/c19-11(14-2-1-7-24-14)5-6-17-15(20)16(21)18-10-3-4-12-13(8-10)23-9-22-12/h1-4,7-8,11,19H,5-6,9H2,(H,17,20)(H,18,21). The average Bonchev–Trinajstić information content (AvgIpc) is 3.25. The lowest BCUT2D eigenvalue weighted by molar-refractivity contribution is -0.136. The maximum Gasteiger partial charge on any atom is 0.313 e. The largest absolute Gasteiger partial charge is 0.454 e. The van der Waals surface area contributed by atoms with Crippen LogP contribution in [0.25, 0.3) is 0 Å². The Bertz CT molecular complexity index is 732. The van der Waals surface area contributed by atoms with E-state index < -0.39 is 17.9 Å². The number of rotatable bonds is 5. The molecule has 126 valence electrons. The van der Waals surface area contributed by atoms with E-state index in [2.05, 4.69) is 10.6 Å². The number of carbonyl (C=O) groups excluding carboxylic acids is 2. The molecule has 8 heteroatoms. The highest BCUT2D eigenvalue weighted by Gasteiger charge is 2.17. The van der Waals surface area contributed by atoms with Gasteiger partial charge >= 0.3 is 11.8 Å². The fraction of sp³-hybridized carbons (Fsp3) is 0.250. The molecule has 1 atom stereocenters. The van der Waals surface area contributed by atoms with Crippen LogP contribution in [0.3, 0.4) is 0 Å². The van der Waals surface area contributed by atoms with Gasteiger partial charge in [0.25, 0.3) is 0 Å². The van der Waals surface area contributed by atoms with Crippen LogP contribution in [-0.2, 0) is 9.59 Å². The zero-order chi connectivity index (χ0) is 16.9. The van der Waals surface area contributed by atoms with Crippen molar-refractivity contribution in [3.05, 3.63) is 40.6 Å². The molecule has 0 aliphatic carbocycles. The van der Waals surface area contributed by atoms with Gasteiger partial charge in [0.05, 0.1) is 6.10 Å². The molecule has 3 rings (SSSR count). The maximum absolute atomic E-state index is 11.9. The van der Waals surface area contributed by atoms with Gasteiger partial charge in [0.1, 0.15) is 0 Å². The van der Waals surface area contributed by atoms with Crippen LogP contribution in [0.5, 0.6) is 11.5 Å². The van der Waals surface area contributed by atoms with Crippen molar-refractivity contribution in [2.45, 2.75) is 12.5 Å². The summed E-state index contributed by atoms with van der Waals surface area (Å²) in [7, 11) is 0. The molecule has 3 N–H and O–H groups in total. The second-order valence-electron chi connectivity index (χ2n) is 5.10. The molecule has 2 heterocycles. The fourth-order valence-corrected chi connectivity index (χ4v) is 2.93. The Kier molecular flexibility index (Phi) is 4.97. The lowest BCUT2D eigenvalue weighted by atomic mass is 10.2. The van der Waals surface area contributed by atoms with Crippen LogP contribution in [0.1, 0.15) is 17.4 Å². The number of aliphatic hydroxyl groups is 1. The number of benzene rings is 1. The molecule has 1 aromatic carbocycles. The summed E-state index contributed by atoms with van der Waals surface area (Å²) >= 11 is 1.44. The maximum atomic E-state index is 11.9. The second kappa shape index (κ2) is 7.33. The van der Waals surface area contributed by atoms with Crippen molar-refractivity contribution in [2.24, 2.45) is 0 Å². The van der Waals surface area contributed by atoms with Gasteiger partial charge < -0.3 is 25.2 Å². The number of fused-ring (bicyclic) bond motifs is 1. The predicted octanol–water partition coefficient (Wildman–Crippen LogP) is 1.66. The Morgan fingerprint density at radius 2 is 2.04 bits per heavy atom. The van der Waals surface area contributed by atoms with Crippen LogP contribution in [0, 0.1) is 0 Å². The summed E-state index contributed by atoms with van der Waals surface area (Å²) < 4.78 is 10.4. The van der Waals surface area contributed by atoms with Crippen molar-refractivity contribution in [1.82, 2.24) is 5.32 Å². The first-order chi connectivity index (χ1) is 11.6. The molecule has 1 aliphatic heterocycles. The molecule has 0 spiro atoms. The first kappa shape index (κ1) is 16.3. The van der Waals surface area contributed by atoms with E-state index in [1.54, 1.807) is 18.2 Å². The lowest BCUT2D eigenvalue weighted by Gasteiger charge is -2.10. The highest BCUT2D eigenvalue weighted by Crippen LogP contribution is 2.34. The Morgan fingerprint density at radius 3 is 2.83 bits per heavy atom. The molecule has 0 saturated carbocycles. The predicted molar refractivity (Wildman–Crippen MR) is 88.1 cm³/mol. The minimum absolute atomic E-state index is 0.139. The minimum atomic E-state index is -0.778. The molecule has 0 radical (unpaired) electrons. The third-order valence-corrected chi connectivity index (χ3v) is 4.39. The summed E-state index contributed by atoms with van der Waals surface area (Å²) in [5.74, 6) is -0.419. The molecule has 2 amide bonds. The van der Waals surface area contributed by atoms with Gasteiger partial charge in [-0.25, -0.2) is 0 Å². The smallest absolute Gasteiger partial charge is 0.313 e. The molecule has 24 heavy (non-hydrogen) atoms. The molecule has 0 bridgehead atoms. The Hall–Kier alpha value is -2.58. The van der Waals surface area contributed by atoms with Gasteiger partial charge in [0.15, 0.2) is 11.5 Å². The Labute approximate surface area is 142 Å². The average molecular weight is 348 g/mol. The summed E-state index contributed by atoms with van der Waals surface area (Å²) in [5, 5.41) is 16.8.